The number of ether oxygens (including phenoxy) is 4. The van der Waals surface area contributed by atoms with Gasteiger partial charge in [0.2, 0.25) is 6.79 Å². The average molecular weight is 334 g/mol. The Bertz CT molecular complexity index is 580. The lowest BCUT2D eigenvalue weighted by Gasteiger charge is -2.22. The molecule has 0 spiro atoms. The molecule has 24 heavy (non-hydrogen) atoms. The van der Waals surface area contributed by atoms with Gasteiger partial charge in [-0.15, -0.1) is 0 Å². The van der Waals surface area contributed by atoms with Crippen LogP contribution in [0.4, 0.5) is 0 Å². The van der Waals surface area contributed by atoms with Gasteiger partial charge in [0.1, 0.15) is 0 Å². The van der Waals surface area contributed by atoms with Gasteiger partial charge in [-0.2, -0.15) is 0 Å². The fraction of sp³-hybridized carbons (Fsp3) is 0.667. The average Bonchev–Trinajstić information content (AvgIpc) is 3.25. The van der Waals surface area contributed by atoms with E-state index in [9.17, 15) is 0 Å². The number of hydrogen-bond donors (Lipinski definition) is 0. The zero-order valence-electron chi connectivity index (χ0n) is 14.4. The van der Waals surface area contributed by atoms with Gasteiger partial charge >= 0.3 is 0 Å². The maximum Gasteiger partial charge on any atom is 0.231 e. The first kappa shape index (κ1) is 16.1. The third-order valence-electron chi connectivity index (χ3n) is 5.15. The van der Waals surface area contributed by atoms with E-state index in [0.717, 1.165) is 51.0 Å². The molecule has 0 aliphatic carbocycles. The van der Waals surface area contributed by atoms with Crippen LogP contribution in [0.2, 0.25) is 0 Å². The molecule has 0 saturated carbocycles. The standard InChI is InChI=1S/C18H26N2O4/c1-19(2)5-6-22-18-9-20(15-11-21-10-14(15)18)8-13-3-4-16-17(7-13)24-12-23-16/h3-4,7,14-15,18H,5-6,8-12H2,1-2H3/t14-,15+,18-/m0/s1. The summed E-state index contributed by atoms with van der Waals surface area (Å²) >= 11 is 0. The predicted octanol–water partition coefficient (Wildman–Crippen LogP) is 1.19. The summed E-state index contributed by atoms with van der Waals surface area (Å²) in [5.41, 5.74) is 1.25. The molecule has 3 heterocycles. The molecule has 3 atom stereocenters. The monoisotopic (exact) mass is 334 g/mol. The highest BCUT2D eigenvalue weighted by molar-refractivity contribution is 5.44. The van der Waals surface area contributed by atoms with Crippen LogP contribution in [0.5, 0.6) is 11.5 Å². The molecule has 0 bridgehead atoms. The first-order chi connectivity index (χ1) is 11.7. The summed E-state index contributed by atoms with van der Waals surface area (Å²) in [6.07, 6.45) is 0.270. The summed E-state index contributed by atoms with van der Waals surface area (Å²) in [7, 11) is 4.15. The normalized spacial score (nSPS) is 28.7. The first-order valence-electron chi connectivity index (χ1n) is 8.67. The van der Waals surface area contributed by atoms with Crippen molar-refractivity contribution in [1.29, 1.82) is 0 Å². The van der Waals surface area contributed by atoms with E-state index in [1.807, 2.05) is 6.07 Å². The topological polar surface area (TPSA) is 43.4 Å². The molecule has 3 aliphatic heterocycles. The lowest BCUT2D eigenvalue weighted by atomic mass is 10.0. The number of hydrogen-bond acceptors (Lipinski definition) is 6. The molecule has 3 aliphatic rings. The van der Waals surface area contributed by atoms with Crippen molar-refractivity contribution in [2.24, 2.45) is 5.92 Å². The molecule has 0 aromatic heterocycles. The maximum atomic E-state index is 6.16. The number of likely N-dealkylation sites (N-methyl/N-ethyl adjacent to an activating group) is 1. The second-order valence-corrected chi connectivity index (χ2v) is 7.10. The molecule has 4 rings (SSSR count). The summed E-state index contributed by atoms with van der Waals surface area (Å²) in [5, 5.41) is 0. The Hall–Kier alpha value is -1.34. The largest absolute Gasteiger partial charge is 0.454 e. The maximum absolute atomic E-state index is 6.16. The van der Waals surface area contributed by atoms with Gasteiger partial charge in [-0.05, 0) is 31.8 Å². The van der Waals surface area contributed by atoms with Crippen LogP contribution in [-0.4, -0.2) is 75.7 Å². The molecule has 0 amide bonds. The van der Waals surface area contributed by atoms with Crippen LogP contribution >= 0.6 is 0 Å². The van der Waals surface area contributed by atoms with Crippen LogP contribution in [0.25, 0.3) is 0 Å². The van der Waals surface area contributed by atoms with Crippen molar-refractivity contribution in [1.82, 2.24) is 9.80 Å². The summed E-state index contributed by atoms with van der Waals surface area (Å²) < 4.78 is 22.8. The van der Waals surface area contributed by atoms with Gasteiger partial charge in [0.15, 0.2) is 11.5 Å². The number of nitrogens with zero attached hydrogens (tertiary/aromatic N) is 2. The van der Waals surface area contributed by atoms with Crippen molar-refractivity contribution >= 4 is 0 Å². The molecule has 1 aromatic carbocycles. The minimum atomic E-state index is 0.270. The van der Waals surface area contributed by atoms with Crippen LogP contribution in [0.1, 0.15) is 5.56 Å². The quantitative estimate of drug-likeness (QED) is 0.779. The van der Waals surface area contributed by atoms with Crippen molar-refractivity contribution in [2.45, 2.75) is 18.7 Å². The summed E-state index contributed by atoms with van der Waals surface area (Å²) in [5.74, 6) is 2.18. The molecule has 2 saturated heterocycles. The Balaban J connectivity index is 1.40. The molecule has 1 aromatic rings. The molecule has 132 valence electrons. The van der Waals surface area contributed by atoms with E-state index >= 15 is 0 Å². The Morgan fingerprint density at radius 1 is 1.21 bits per heavy atom. The van der Waals surface area contributed by atoms with E-state index in [-0.39, 0.29) is 6.10 Å². The zero-order chi connectivity index (χ0) is 16.5. The molecule has 6 heteroatoms. The number of fused-ring (bicyclic) bond motifs is 2. The second-order valence-electron chi connectivity index (χ2n) is 7.10. The second kappa shape index (κ2) is 6.88. The molecular weight excluding hydrogens is 308 g/mol. The van der Waals surface area contributed by atoms with Gasteiger partial charge in [-0.1, -0.05) is 6.07 Å². The van der Waals surface area contributed by atoms with Gasteiger partial charge in [-0.25, -0.2) is 0 Å². The van der Waals surface area contributed by atoms with Crippen molar-refractivity contribution < 1.29 is 18.9 Å². The van der Waals surface area contributed by atoms with E-state index in [1.165, 1.54) is 5.56 Å². The van der Waals surface area contributed by atoms with Crippen LogP contribution < -0.4 is 9.47 Å². The molecular formula is C18H26N2O4. The Morgan fingerprint density at radius 2 is 2.08 bits per heavy atom. The summed E-state index contributed by atoms with van der Waals surface area (Å²) in [6, 6.07) is 6.67. The smallest absolute Gasteiger partial charge is 0.231 e. The van der Waals surface area contributed by atoms with Crippen LogP contribution in [0, 0.1) is 5.92 Å². The molecule has 0 N–H and O–H groups in total. The highest BCUT2D eigenvalue weighted by atomic mass is 16.7. The number of benzene rings is 1. The zero-order valence-corrected chi connectivity index (χ0v) is 14.4. The van der Waals surface area contributed by atoms with Gasteiger partial charge < -0.3 is 23.8 Å². The van der Waals surface area contributed by atoms with E-state index in [0.29, 0.717) is 18.8 Å². The minimum Gasteiger partial charge on any atom is -0.454 e. The van der Waals surface area contributed by atoms with Crippen LogP contribution in [-0.2, 0) is 16.0 Å². The predicted molar refractivity (Wildman–Crippen MR) is 89.4 cm³/mol. The Morgan fingerprint density at radius 3 is 2.96 bits per heavy atom. The third-order valence-corrected chi connectivity index (χ3v) is 5.15. The molecule has 0 radical (unpaired) electrons. The van der Waals surface area contributed by atoms with Crippen molar-refractivity contribution in [3.8, 4) is 11.5 Å². The summed E-state index contributed by atoms with van der Waals surface area (Å²) in [6.45, 7) is 5.55. The fourth-order valence-electron chi connectivity index (χ4n) is 3.81. The van der Waals surface area contributed by atoms with Gasteiger partial charge in [0.25, 0.3) is 0 Å². The molecule has 6 nitrogen and oxygen atoms in total. The fourth-order valence-corrected chi connectivity index (χ4v) is 3.81. The lowest BCUT2D eigenvalue weighted by Crippen LogP contribution is -2.32. The minimum absolute atomic E-state index is 0.270. The van der Waals surface area contributed by atoms with Gasteiger partial charge in [0, 0.05) is 31.6 Å². The van der Waals surface area contributed by atoms with E-state index in [1.54, 1.807) is 0 Å². The number of likely N-dealkylation sites (tertiary alicyclic amines) is 1. The van der Waals surface area contributed by atoms with Crippen molar-refractivity contribution in [3.05, 3.63) is 23.8 Å². The van der Waals surface area contributed by atoms with Crippen LogP contribution in [0.3, 0.4) is 0 Å². The van der Waals surface area contributed by atoms with E-state index in [2.05, 4.69) is 36.0 Å². The Kier molecular flexibility index (Phi) is 4.63. The van der Waals surface area contributed by atoms with E-state index < -0.39 is 0 Å². The van der Waals surface area contributed by atoms with E-state index in [4.69, 9.17) is 18.9 Å². The highest BCUT2D eigenvalue weighted by Gasteiger charge is 2.45. The summed E-state index contributed by atoms with van der Waals surface area (Å²) in [4.78, 5) is 4.65. The van der Waals surface area contributed by atoms with Crippen molar-refractivity contribution in [2.75, 3.05) is 53.8 Å². The highest BCUT2D eigenvalue weighted by Crippen LogP contribution is 2.36. The lowest BCUT2D eigenvalue weighted by molar-refractivity contribution is 0.0132. The number of rotatable bonds is 6. The first-order valence-corrected chi connectivity index (χ1v) is 8.67. The molecule has 0 unspecified atom stereocenters. The third kappa shape index (κ3) is 3.24. The van der Waals surface area contributed by atoms with Crippen molar-refractivity contribution in [3.63, 3.8) is 0 Å². The SMILES string of the molecule is CN(C)CCO[C@H]1CN(Cc2ccc3c(c2)OCO3)[C@@H]2COC[C@H]12. The van der Waals surface area contributed by atoms with Gasteiger partial charge in [0.05, 0.1) is 25.9 Å². The van der Waals surface area contributed by atoms with Gasteiger partial charge in [-0.3, -0.25) is 4.90 Å². The molecule has 2 fully saturated rings. The Labute approximate surface area is 143 Å². The van der Waals surface area contributed by atoms with Crippen LogP contribution in [0.15, 0.2) is 18.2 Å².